The van der Waals surface area contributed by atoms with Crippen LogP contribution in [0, 0.1) is 6.92 Å². The third-order valence-corrected chi connectivity index (χ3v) is 3.57. The molecular weight excluding hydrogens is 350 g/mol. The van der Waals surface area contributed by atoms with E-state index in [1.165, 1.54) is 6.33 Å². The van der Waals surface area contributed by atoms with E-state index in [2.05, 4.69) is 47.1 Å². The van der Waals surface area contributed by atoms with Crippen molar-refractivity contribution in [3.8, 4) is 0 Å². The summed E-state index contributed by atoms with van der Waals surface area (Å²) in [6, 6.07) is 5.90. The van der Waals surface area contributed by atoms with E-state index in [1.807, 2.05) is 25.1 Å². The number of H-pyrrole nitrogens is 1. The van der Waals surface area contributed by atoms with E-state index in [0.717, 1.165) is 15.7 Å². The van der Waals surface area contributed by atoms with Gasteiger partial charge in [-0.15, -0.1) is 0 Å². The molecule has 4 nitrogen and oxygen atoms in total. The number of benzene rings is 1. The number of aromatic nitrogens is 2. The number of nitrogens with zero attached hydrogens (tertiary/aromatic N) is 1. The van der Waals surface area contributed by atoms with Crippen LogP contribution in [0.15, 0.2) is 38.3 Å². The van der Waals surface area contributed by atoms with Crippen molar-refractivity contribution in [2.24, 2.45) is 0 Å². The number of nitrogens with one attached hydrogen (secondary N) is 2. The fourth-order valence-corrected chi connectivity index (χ4v) is 2.23. The van der Waals surface area contributed by atoms with Gasteiger partial charge in [-0.1, -0.05) is 6.07 Å². The Balaban J connectivity index is 2.38. The molecule has 0 radical (unpaired) electrons. The Kier molecular flexibility index (Phi) is 3.63. The minimum absolute atomic E-state index is 0.217. The van der Waals surface area contributed by atoms with Crippen LogP contribution in [0.5, 0.6) is 0 Å². The summed E-state index contributed by atoms with van der Waals surface area (Å²) in [7, 11) is 0. The lowest BCUT2D eigenvalue weighted by Gasteiger charge is -2.09. The van der Waals surface area contributed by atoms with Crippen LogP contribution in [0.4, 0.5) is 11.5 Å². The molecule has 0 aliphatic carbocycles. The molecule has 0 atom stereocenters. The second-order valence-corrected chi connectivity index (χ2v) is 5.15. The number of anilines is 2. The zero-order chi connectivity index (χ0) is 12.4. The van der Waals surface area contributed by atoms with Gasteiger partial charge in [-0.05, 0) is 56.5 Å². The van der Waals surface area contributed by atoms with E-state index in [-0.39, 0.29) is 5.56 Å². The summed E-state index contributed by atoms with van der Waals surface area (Å²) in [6.07, 6.45) is 1.36. The maximum absolute atomic E-state index is 11.4. The van der Waals surface area contributed by atoms with Gasteiger partial charge in [0.05, 0.1) is 12.0 Å². The highest BCUT2D eigenvalue weighted by atomic mass is 79.9. The van der Waals surface area contributed by atoms with Crippen LogP contribution in [0.3, 0.4) is 0 Å². The molecule has 0 spiro atoms. The van der Waals surface area contributed by atoms with Gasteiger partial charge >= 0.3 is 0 Å². The Labute approximate surface area is 115 Å². The summed E-state index contributed by atoms with van der Waals surface area (Å²) in [6.45, 7) is 2.01. The molecule has 1 aromatic heterocycles. The Morgan fingerprint density at radius 3 is 2.82 bits per heavy atom. The summed E-state index contributed by atoms with van der Waals surface area (Å²) < 4.78 is 1.30. The predicted octanol–water partition coefficient (Wildman–Crippen LogP) is 3.35. The zero-order valence-corrected chi connectivity index (χ0v) is 12.1. The first-order valence-corrected chi connectivity index (χ1v) is 6.43. The number of aromatic amines is 1. The van der Waals surface area contributed by atoms with Crippen LogP contribution in [0.25, 0.3) is 0 Å². The number of rotatable bonds is 2. The van der Waals surface area contributed by atoms with Gasteiger partial charge in [-0.2, -0.15) is 0 Å². The second kappa shape index (κ2) is 5.01. The van der Waals surface area contributed by atoms with Crippen molar-refractivity contribution in [2.75, 3.05) is 5.32 Å². The number of aryl methyl sites for hydroxylation is 1. The monoisotopic (exact) mass is 357 g/mol. The fraction of sp³-hybridized carbons (Fsp3) is 0.0909. The van der Waals surface area contributed by atoms with Crippen LogP contribution in [-0.4, -0.2) is 9.97 Å². The number of hydrogen-bond acceptors (Lipinski definition) is 3. The van der Waals surface area contributed by atoms with Gasteiger partial charge in [0.15, 0.2) is 5.82 Å². The molecule has 2 aromatic rings. The van der Waals surface area contributed by atoms with Crippen LogP contribution in [0.2, 0.25) is 0 Å². The van der Waals surface area contributed by atoms with E-state index in [1.54, 1.807) is 0 Å². The molecule has 17 heavy (non-hydrogen) atoms. The molecule has 0 saturated carbocycles. The summed E-state index contributed by atoms with van der Waals surface area (Å²) in [5.41, 5.74) is 1.79. The van der Waals surface area contributed by atoms with Gasteiger partial charge in [0.1, 0.15) is 4.47 Å². The molecule has 0 aliphatic rings. The average Bonchev–Trinajstić information content (AvgIpc) is 2.28. The minimum atomic E-state index is -0.217. The third kappa shape index (κ3) is 2.76. The first-order chi connectivity index (χ1) is 8.08. The van der Waals surface area contributed by atoms with Crippen molar-refractivity contribution in [2.45, 2.75) is 6.92 Å². The Morgan fingerprint density at radius 2 is 2.12 bits per heavy atom. The molecule has 0 unspecified atom stereocenters. The van der Waals surface area contributed by atoms with Crippen LogP contribution in [-0.2, 0) is 0 Å². The van der Waals surface area contributed by atoms with Crippen molar-refractivity contribution in [3.05, 3.63) is 49.4 Å². The van der Waals surface area contributed by atoms with Gasteiger partial charge in [0.25, 0.3) is 5.56 Å². The molecule has 0 amide bonds. The first-order valence-electron chi connectivity index (χ1n) is 4.84. The third-order valence-electron chi connectivity index (χ3n) is 2.17. The van der Waals surface area contributed by atoms with Crippen molar-refractivity contribution >= 4 is 43.4 Å². The van der Waals surface area contributed by atoms with E-state index < -0.39 is 0 Å². The Morgan fingerprint density at radius 1 is 1.35 bits per heavy atom. The summed E-state index contributed by atoms with van der Waals surface area (Å²) in [5.74, 6) is 0.485. The lowest BCUT2D eigenvalue weighted by atomic mass is 10.2. The first kappa shape index (κ1) is 12.3. The second-order valence-electron chi connectivity index (χ2n) is 3.50. The van der Waals surface area contributed by atoms with Crippen LogP contribution in [0.1, 0.15) is 5.56 Å². The molecule has 1 heterocycles. The standard InChI is InChI=1S/C11H9Br2N3O/c1-6-2-3-8(7(12)4-6)16-10-9(13)11(17)15-5-14-10/h2-5H,1H3,(H2,14,15,16,17). The van der Waals surface area contributed by atoms with E-state index in [9.17, 15) is 4.79 Å². The molecule has 6 heteroatoms. The summed E-state index contributed by atoms with van der Waals surface area (Å²) >= 11 is 6.65. The molecule has 0 fully saturated rings. The topological polar surface area (TPSA) is 57.8 Å². The summed E-state index contributed by atoms with van der Waals surface area (Å²) in [4.78, 5) is 17.9. The lowest BCUT2D eigenvalue weighted by molar-refractivity contribution is 1.10. The van der Waals surface area contributed by atoms with E-state index >= 15 is 0 Å². The molecule has 1 aromatic carbocycles. The Bertz CT molecular complexity index is 610. The zero-order valence-electron chi connectivity index (χ0n) is 8.92. The SMILES string of the molecule is Cc1ccc(Nc2nc[nH]c(=O)c2Br)c(Br)c1. The van der Waals surface area contributed by atoms with Crippen molar-refractivity contribution in [1.82, 2.24) is 9.97 Å². The molecule has 0 saturated heterocycles. The van der Waals surface area contributed by atoms with Crippen LogP contribution < -0.4 is 10.9 Å². The molecule has 2 N–H and O–H groups in total. The lowest BCUT2D eigenvalue weighted by Crippen LogP contribution is -2.10. The highest BCUT2D eigenvalue weighted by Crippen LogP contribution is 2.27. The number of halogens is 2. The average molecular weight is 359 g/mol. The van der Waals surface area contributed by atoms with Gasteiger partial charge in [-0.3, -0.25) is 4.79 Å². The van der Waals surface area contributed by atoms with Crippen molar-refractivity contribution in [1.29, 1.82) is 0 Å². The smallest absolute Gasteiger partial charge is 0.267 e. The van der Waals surface area contributed by atoms with E-state index in [0.29, 0.717) is 10.3 Å². The highest BCUT2D eigenvalue weighted by molar-refractivity contribution is 9.11. The molecule has 0 aliphatic heterocycles. The molecule has 2 rings (SSSR count). The van der Waals surface area contributed by atoms with Crippen LogP contribution >= 0.6 is 31.9 Å². The van der Waals surface area contributed by atoms with Gasteiger partial charge < -0.3 is 10.3 Å². The minimum Gasteiger partial charge on any atom is -0.338 e. The van der Waals surface area contributed by atoms with Crippen molar-refractivity contribution in [3.63, 3.8) is 0 Å². The van der Waals surface area contributed by atoms with E-state index in [4.69, 9.17) is 0 Å². The number of hydrogen-bond donors (Lipinski definition) is 2. The normalized spacial score (nSPS) is 10.3. The largest absolute Gasteiger partial charge is 0.338 e. The molecular formula is C11H9Br2N3O. The summed E-state index contributed by atoms with van der Waals surface area (Å²) in [5, 5.41) is 3.08. The molecule has 0 bridgehead atoms. The maximum atomic E-state index is 11.4. The Hall–Kier alpha value is -1.14. The maximum Gasteiger partial charge on any atom is 0.267 e. The quantitative estimate of drug-likeness (QED) is 0.865. The van der Waals surface area contributed by atoms with Crippen molar-refractivity contribution < 1.29 is 0 Å². The van der Waals surface area contributed by atoms with Gasteiger partial charge in [0, 0.05) is 4.47 Å². The fourth-order valence-electron chi connectivity index (χ4n) is 1.32. The predicted molar refractivity (Wildman–Crippen MR) is 74.7 cm³/mol. The van der Waals surface area contributed by atoms with Gasteiger partial charge in [0.2, 0.25) is 0 Å². The van der Waals surface area contributed by atoms with Gasteiger partial charge in [-0.25, -0.2) is 4.98 Å². The molecule has 88 valence electrons. The highest BCUT2D eigenvalue weighted by Gasteiger charge is 2.07.